The van der Waals surface area contributed by atoms with Crippen LogP contribution in [0, 0.1) is 13.8 Å². The van der Waals surface area contributed by atoms with E-state index in [4.69, 9.17) is 0 Å². The lowest BCUT2D eigenvalue weighted by molar-refractivity contribution is -0.137. The van der Waals surface area contributed by atoms with Crippen molar-refractivity contribution in [2.24, 2.45) is 0 Å². The highest BCUT2D eigenvalue weighted by molar-refractivity contribution is 5.58. The van der Waals surface area contributed by atoms with Crippen LogP contribution in [0.4, 0.5) is 19.0 Å². The van der Waals surface area contributed by atoms with E-state index in [-0.39, 0.29) is 6.54 Å². The molecule has 0 fully saturated rings. The van der Waals surface area contributed by atoms with Gasteiger partial charge in [-0.05, 0) is 37.6 Å². The van der Waals surface area contributed by atoms with E-state index in [2.05, 4.69) is 15.3 Å². The Labute approximate surface area is 149 Å². The zero-order chi connectivity index (χ0) is 18.7. The normalized spacial score (nSPS) is 11.4. The summed E-state index contributed by atoms with van der Waals surface area (Å²) in [7, 11) is 0. The third kappa shape index (κ3) is 4.39. The molecular formula is C20H18F3N3. The molecule has 0 unspecified atom stereocenters. The molecule has 3 rings (SSSR count). The lowest BCUT2D eigenvalue weighted by Gasteiger charge is -2.11. The number of alkyl halides is 3. The predicted octanol–water partition coefficient (Wildman–Crippen LogP) is 5.39. The van der Waals surface area contributed by atoms with E-state index >= 15 is 0 Å². The molecule has 0 radical (unpaired) electrons. The van der Waals surface area contributed by atoms with E-state index in [9.17, 15) is 13.2 Å². The number of rotatable bonds is 4. The molecule has 0 atom stereocenters. The molecule has 2 aromatic carbocycles. The summed E-state index contributed by atoms with van der Waals surface area (Å²) in [4.78, 5) is 8.93. The first kappa shape index (κ1) is 17.9. The van der Waals surface area contributed by atoms with Crippen LogP contribution in [0.5, 0.6) is 0 Å². The minimum absolute atomic E-state index is 0.244. The zero-order valence-electron chi connectivity index (χ0n) is 14.4. The molecule has 0 aliphatic rings. The Balaban J connectivity index is 1.81. The molecule has 0 saturated carbocycles. The van der Waals surface area contributed by atoms with Gasteiger partial charge in [-0.2, -0.15) is 13.2 Å². The van der Waals surface area contributed by atoms with Gasteiger partial charge in [0, 0.05) is 23.9 Å². The lowest BCUT2D eigenvalue weighted by Crippen LogP contribution is -2.08. The van der Waals surface area contributed by atoms with Crippen LogP contribution in [0.3, 0.4) is 0 Å². The molecular weight excluding hydrogens is 339 g/mol. The SMILES string of the molecule is Cc1cccc(-c2nc(C)cc(NCc3cccc(C(F)(F)F)c3)n2)c1. The van der Waals surface area contributed by atoms with E-state index in [0.717, 1.165) is 29.0 Å². The average Bonchev–Trinajstić information content (AvgIpc) is 2.59. The topological polar surface area (TPSA) is 37.8 Å². The minimum atomic E-state index is -4.35. The molecule has 0 bridgehead atoms. The molecule has 3 nitrogen and oxygen atoms in total. The zero-order valence-corrected chi connectivity index (χ0v) is 14.4. The van der Waals surface area contributed by atoms with Gasteiger partial charge in [0.15, 0.2) is 5.82 Å². The van der Waals surface area contributed by atoms with Crippen LogP contribution in [-0.2, 0) is 12.7 Å². The first-order valence-electron chi connectivity index (χ1n) is 8.14. The Kier molecular flexibility index (Phi) is 4.93. The molecule has 134 valence electrons. The number of aryl methyl sites for hydroxylation is 2. The van der Waals surface area contributed by atoms with Crippen molar-refractivity contribution in [1.82, 2.24) is 9.97 Å². The van der Waals surface area contributed by atoms with E-state index < -0.39 is 11.7 Å². The molecule has 1 heterocycles. The number of halogens is 3. The maximum absolute atomic E-state index is 12.8. The molecule has 0 amide bonds. The van der Waals surface area contributed by atoms with Crippen LogP contribution in [0.1, 0.15) is 22.4 Å². The van der Waals surface area contributed by atoms with Gasteiger partial charge >= 0.3 is 6.18 Å². The number of nitrogens with one attached hydrogen (secondary N) is 1. The van der Waals surface area contributed by atoms with Crippen LogP contribution in [0.15, 0.2) is 54.6 Å². The second-order valence-electron chi connectivity index (χ2n) is 6.14. The fourth-order valence-corrected chi connectivity index (χ4v) is 2.62. The number of benzene rings is 2. The molecule has 0 saturated heterocycles. The molecule has 0 spiro atoms. The second-order valence-corrected chi connectivity index (χ2v) is 6.14. The maximum atomic E-state index is 12.8. The van der Waals surface area contributed by atoms with Crippen molar-refractivity contribution < 1.29 is 13.2 Å². The smallest absolute Gasteiger partial charge is 0.366 e. The quantitative estimate of drug-likeness (QED) is 0.680. The Bertz CT molecular complexity index is 920. The third-order valence-electron chi connectivity index (χ3n) is 3.86. The van der Waals surface area contributed by atoms with Crippen molar-refractivity contribution in [3.05, 3.63) is 77.0 Å². The summed E-state index contributed by atoms with van der Waals surface area (Å²) >= 11 is 0. The molecule has 1 aromatic heterocycles. The first-order valence-corrected chi connectivity index (χ1v) is 8.14. The van der Waals surface area contributed by atoms with Gasteiger partial charge < -0.3 is 5.32 Å². The number of anilines is 1. The molecule has 1 N–H and O–H groups in total. The number of hydrogen-bond acceptors (Lipinski definition) is 3. The van der Waals surface area contributed by atoms with Crippen LogP contribution >= 0.6 is 0 Å². The van der Waals surface area contributed by atoms with Crippen LogP contribution < -0.4 is 5.32 Å². The summed E-state index contributed by atoms with van der Waals surface area (Å²) in [6, 6.07) is 14.9. The van der Waals surface area contributed by atoms with Crippen molar-refractivity contribution in [3.8, 4) is 11.4 Å². The fourth-order valence-electron chi connectivity index (χ4n) is 2.62. The van der Waals surface area contributed by atoms with E-state index in [1.54, 1.807) is 12.1 Å². The van der Waals surface area contributed by atoms with Gasteiger partial charge in [-0.25, -0.2) is 9.97 Å². The summed E-state index contributed by atoms with van der Waals surface area (Å²) in [5.41, 5.74) is 2.66. The Morgan fingerprint density at radius 3 is 2.42 bits per heavy atom. The van der Waals surface area contributed by atoms with Gasteiger partial charge in [0.2, 0.25) is 0 Å². The summed E-state index contributed by atoms with van der Waals surface area (Å²) in [6.07, 6.45) is -4.35. The first-order chi connectivity index (χ1) is 12.3. The fraction of sp³-hybridized carbons (Fsp3) is 0.200. The van der Waals surface area contributed by atoms with Crippen molar-refractivity contribution in [2.45, 2.75) is 26.6 Å². The Hall–Kier alpha value is -2.89. The molecule has 0 aliphatic heterocycles. The van der Waals surface area contributed by atoms with E-state index in [1.807, 2.05) is 38.1 Å². The van der Waals surface area contributed by atoms with Gasteiger partial charge in [-0.1, -0.05) is 35.9 Å². The van der Waals surface area contributed by atoms with Crippen molar-refractivity contribution in [1.29, 1.82) is 0 Å². The summed E-state index contributed by atoms with van der Waals surface area (Å²) in [5, 5.41) is 3.09. The van der Waals surface area contributed by atoms with Crippen molar-refractivity contribution >= 4 is 5.82 Å². The Morgan fingerprint density at radius 1 is 0.923 bits per heavy atom. The summed E-state index contributed by atoms with van der Waals surface area (Å²) in [5.74, 6) is 1.16. The van der Waals surface area contributed by atoms with Gasteiger partial charge in [-0.3, -0.25) is 0 Å². The van der Waals surface area contributed by atoms with E-state index in [1.165, 1.54) is 6.07 Å². The number of aromatic nitrogens is 2. The highest BCUT2D eigenvalue weighted by atomic mass is 19.4. The highest BCUT2D eigenvalue weighted by Gasteiger charge is 2.30. The van der Waals surface area contributed by atoms with Gasteiger partial charge in [0.05, 0.1) is 5.56 Å². The largest absolute Gasteiger partial charge is 0.416 e. The lowest BCUT2D eigenvalue weighted by atomic mass is 10.1. The van der Waals surface area contributed by atoms with Crippen molar-refractivity contribution in [3.63, 3.8) is 0 Å². The molecule has 26 heavy (non-hydrogen) atoms. The minimum Gasteiger partial charge on any atom is -0.366 e. The predicted molar refractivity (Wildman–Crippen MR) is 95.7 cm³/mol. The monoisotopic (exact) mass is 357 g/mol. The molecule has 0 aliphatic carbocycles. The van der Waals surface area contributed by atoms with Gasteiger partial charge in [0.25, 0.3) is 0 Å². The van der Waals surface area contributed by atoms with Gasteiger partial charge in [0.1, 0.15) is 5.82 Å². The van der Waals surface area contributed by atoms with Gasteiger partial charge in [-0.15, -0.1) is 0 Å². The third-order valence-corrected chi connectivity index (χ3v) is 3.86. The Morgan fingerprint density at radius 2 is 1.69 bits per heavy atom. The number of hydrogen-bond donors (Lipinski definition) is 1. The van der Waals surface area contributed by atoms with Crippen LogP contribution in [0.2, 0.25) is 0 Å². The average molecular weight is 357 g/mol. The number of nitrogens with zero attached hydrogens (tertiary/aromatic N) is 2. The van der Waals surface area contributed by atoms with Crippen LogP contribution in [-0.4, -0.2) is 9.97 Å². The standard InChI is InChI=1S/C20H18F3N3/c1-13-5-3-7-16(9-13)19-25-14(2)10-18(26-19)24-12-15-6-4-8-17(11-15)20(21,22)23/h3-11H,12H2,1-2H3,(H,24,25,26). The van der Waals surface area contributed by atoms with Crippen molar-refractivity contribution in [2.75, 3.05) is 5.32 Å². The summed E-state index contributed by atoms with van der Waals surface area (Å²) in [6.45, 7) is 4.09. The highest BCUT2D eigenvalue weighted by Crippen LogP contribution is 2.29. The van der Waals surface area contributed by atoms with Crippen LogP contribution in [0.25, 0.3) is 11.4 Å². The summed E-state index contributed by atoms with van der Waals surface area (Å²) < 4.78 is 38.4. The molecule has 6 heteroatoms. The maximum Gasteiger partial charge on any atom is 0.416 e. The molecule has 3 aromatic rings. The van der Waals surface area contributed by atoms with E-state index in [0.29, 0.717) is 17.2 Å². The second kappa shape index (κ2) is 7.15.